The molecule has 0 aromatic carbocycles. The first-order valence-corrected chi connectivity index (χ1v) is 4.90. The van der Waals surface area contributed by atoms with Crippen molar-refractivity contribution >= 4 is 12.2 Å². The van der Waals surface area contributed by atoms with E-state index in [0.717, 1.165) is 0 Å². The van der Waals surface area contributed by atoms with E-state index in [2.05, 4.69) is 23.8 Å². The largest absolute Gasteiger partial charge is 0.235 e. The van der Waals surface area contributed by atoms with E-state index < -0.39 is 0 Å². The molecule has 0 fully saturated rings. The Hall–Kier alpha value is -1.24. The normalized spacial score (nSPS) is 7.57. The highest BCUT2D eigenvalue weighted by Crippen LogP contribution is 1.95. The van der Waals surface area contributed by atoms with Gasteiger partial charge in [0.15, 0.2) is 0 Å². The molecule has 0 saturated heterocycles. The van der Waals surface area contributed by atoms with Crippen molar-refractivity contribution in [3.8, 4) is 0 Å². The monoisotopic (exact) mass is 198 g/mol. The first kappa shape index (κ1) is 15.2. The molecule has 0 aliphatic carbocycles. The number of nitrogens with zero attached hydrogens (tertiary/aromatic N) is 2. The summed E-state index contributed by atoms with van der Waals surface area (Å²) in [5.74, 6) is 0. The van der Waals surface area contributed by atoms with Gasteiger partial charge in [0, 0.05) is 0 Å². The predicted molar refractivity (Wildman–Crippen MR) is 55.8 cm³/mol. The Morgan fingerprint density at radius 1 is 0.857 bits per heavy atom. The van der Waals surface area contributed by atoms with Crippen LogP contribution in [0.4, 0.5) is 0 Å². The molecule has 4 nitrogen and oxygen atoms in total. The summed E-state index contributed by atoms with van der Waals surface area (Å²) in [6.45, 7) is 4.91. The number of carbonyl (C=O) groups excluding carboxylic acids is 2. The van der Waals surface area contributed by atoms with Crippen LogP contribution in [0.2, 0.25) is 0 Å². The van der Waals surface area contributed by atoms with Crippen molar-refractivity contribution in [3.05, 3.63) is 0 Å². The quantitative estimate of drug-likeness (QED) is 0.373. The van der Waals surface area contributed by atoms with Gasteiger partial charge in [-0.3, -0.25) is 0 Å². The van der Waals surface area contributed by atoms with Gasteiger partial charge < -0.3 is 0 Å². The predicted octanol–water partition coefficient (Wildman–Crippen LogP) is 2.24. The lowest BCUT2D eigenvalue weighted by Gasteiger charge is -1.86. The lowest BCUT2D eigenvalue weighted by atomic mass is 10.2. The van der Waals surface area contributed by atoms with E-state index >= 15 is 0 Å². The molecule has 0 spiro atoms. The third-order valence-corrected chi connectivity index (χ3v) is 1.41. The second kappa shape index (κ2) is 17.7. The number of isocyanates is 2. The molecule has 0 aromatic heterocycles. The van der Waals surface area contributed by atoms with Crippen molar-refractivity contribution in [3.63, 3.8) is 0 Å². The third-order valence-electron chi connectivity index (χ3n) is 1.41. The topological polar surface area (TPSA) is 58.9 Å². The van der Waals surface area contributed by atoms with Crippen molar-refractivity contribution in [2.24, 2.45) is 9.98 Å². The van der Waals surface area contributed by atoms with Crippen LogP contribution >= 0.6 is 0 Å². The van der Waals surface area contributed by atoms with Gasteiger partial charge in [0.1, 0.15) is 0 Å². The first-order valence-electron chi connectivity index (χ1n) is 4.90. The lowest BCUT2D eigenvalue weighted by molar-refractivity contribution is 0.560. The standard InChI is InChI=1S/C6H14.C4H4N2O2/c1-3-5-6-4-2;7-3-5-1-2-6-4-8/h3-6H2,1-2H3;1-2H2. The zero-order chi connectivity index (χ0) is 11.1. The zero-order valence-electron chi connectivity index (χ0n) is 8.95. The Bertz CT molecular complexity index is 170. The maximum Gasteiger partial charge on any atom is 0.235 e. The van der Waals surface area contributed by atoms with Crippen LogP contribution in [-0.4, -0.2) is 25.2 Å². The number of rotatable bonds is 6. The summed E-state index contributed by atoms with van der Waals surface area (Å²) in [5, 5.41) is 0. The smallest absolute Gasteiger partial charge is 0.211 e. The average Bonchev–Trinajstić information content (AvgIpc) is 2.22. The van der Waals surface area contributed by atoms with E-state index in [1.165, 1.54) is 37.8 Å². The molecule has 0 aliphatic rings. The molecule has 0 aromatic rings. The third kappa shape index (κ3) is 22.4. The minimum Gasteiger partial charge on any atom is -0.211 e. The van der Waals surface area contributed by atoms with Gasteiger partial charge in [-0.25, -0.2) is 19.6 Å². The van der Waals surface area contributed by atoms with Gasteiger partial charge in [-0.15, -0.1) is 0 Å². The minimum atomic E-state index is 0.221. The first-order chi connectivity index (χ1) is 6.83. The minimum absolute atomic E-state index is 0.221. The SMILES string of the molecule is CCCCCC.O=C=NCCN=C=O. The Kier molecular flexibility index (Phi) is 19.3. The van der Waals surface area contributed by atoms with Crippen LogP contribution in [0.1, 0.15) is 39.5 Å². The molecule has 0 heterocycles. The summed E-state index contributed by atoms with van der Waals surface area (Å²) in [4.78, 5) is 24.9. The fourth-order valence-corrected chi connectivity index (χ4v) is 0.691. The maximum atomic E-state index is 9.34. The zero-order valence-corrected chi connectivity index (χ0v) is 8.95. The molecule has 4 heteroatoms. The number of hydrogen-bond acceptors (Lipinski definition) is 4. The summed E-state index contributed by atoms with van der Waals surface area (Å²) in [5.41, 5.74) is 0. The highest BCUT2D eigenvalue weighted by molar-refractivity contribution is 5.34. The van der Waals surface area contributed by atoms with Gasteiger partial charge in [0.05, 0.1) is 13.1 Å². The molecule has 0 unspecified atom stereocenters. The Balaban J connectivity index is 0. The average molecular weight is 198 g/mol. The number of unbranched alkanes of at least 4 members (excludes halogenated alkanes) is 3. The van der Waals surface area contributed by atoms with Crippen molar-refractivity contribution in [2.75, 3.05) is 13.1 Å². The summed E-state index contributed by atoms with van der Waals surface area (Å²) in [6, 6.07) is 0. The van der Waals surface area contributed by atoms with E-state index in [9.17, 15) is 9.59 Å². The van der Waals surface area contributed by atoms with E-state index in [-0.39, 0.29) is 13.1 Å². The van der Waals surface area contributed by atoms with Crippen molar-refractivity contribution in [1.29, 1.82) is 0 Å². The summed E-state index contributed by atoms with van der Waals surface area (Å²) in [7, 11) is 0. The highest BCUT2D eigenvalue weighted by Gasteiger charge is 1.75. The maximum absolute atomic E-state index is 9.34. The molecule has 0 radical (unpaired) electrons. The molecular weight excluding hydrogens is 180 g/mol. The van der Waals surface area contributed by atoms with Gasteiger partial charge in [0.25, 0.3) is 0 Å². The van der Waals surface area contributed by atoms with Gasteiger partial charge in [-0.05, 0) is 0 Å². The van der Waals surface area contributed by atoms with Gasteiger partial charge in [-0.2, -0.15) is 0 Å². The fourth-order valence-electron chi connectivity index (χ4n) is 0.691. The molecule has 0 atom stereocenters. The van der Waals surface area contributed by atoms with E-state index in [1.54, 1.807) is 0 Å². The Morgan fingerprint density at radius 2 is 1.21 bits per heavy atom. The molecule has 0 amide bonds. The molecular formula is C10H18N2O2. The summed E-state index contributed by atoms with van der Waals surface area (Å²) < 4.78 is 0. The lowest BCUT2D eigenvalue weighted by Crippen LogP contribution is -1.82. The van der Waals surface area contributed by atoms with Gasteiger partial charge in [-0.1, -0.05) is 39.5 Å². The highest BCUT2D eigenvalue weighted by atomic mass is 16.1. The van der Waals surface area contributed by atoms with E-state index in [1.807, 2.05) is 0 Å². The fraction of sp³-hybridized carbons (Fsp3) is 0.800. The molecule has 0 bridgehead atoms. The van der Waals surface area contributed by atoms with Crippen LogP contribution in [0, 0.1) is 0 Å². The molecule has 80 valence electrons. The molecule has 0 aliphatic heterocycles. The molecule has 0 N–H and O–H groups in total. The second-order valence-corrected chi connectivity index (χ2v) is 2.65. The van der Waals surface area contributed by atoms with Crippen LogP contribution in [-0.2, 0) is 9.59 Å². The van der Waals surface area contributed by atoms with Crippen LogP contribution in [0.5, 0.6) is 0 Å². The van der Waals surface area contributed by atoms with Crippen molar-refractivity contribution < 1.29 is 9.59 Å². The number of hydrogen-bond donors (Lipinski definition) is 0. The summed E-state index contributed by atoms with van der Waals surface area (Å²) >= 11 is 0. The van der Waals surface area contributed by atoms with Crippen LogP contribution in [0.3, 0.4) is 0 Å². The number of aliphatic imine (C=N–C) groups is 2. The summed E-state index contributed by atoms with van der Waals surface area (Å²) in [6.07, 6.45) is 8.16. The van der Waals surface area contributed by atoms with Crippen molar-refractivity contribution in [1.82, 2.24) is 0 Å². The van der Waals surface area contributed by atoms with Crippen LogP contribution in [0.25, 0.3) is 0 Å². The molecule has 14 heavy (non-hydrogen) atoms. The van der Waals surface area contributed by atoms with Gasteiger partial charge >= 0.3 is 0 Å². The molecule has 0 rings (SSSR count). The Morgan fingerprint density at radius 3 is 1.43 bits per heavy atom. The second-order valence-electron chi connectivity index (χ2n) is 2.65. The van der Waals surface area contributed by atoms with E-state index in [4.69, 9.17) is 0 Å². The van der Waals surface area contributed by atoms with Crippen molar-refractivity contribution in [2.45, 2.75) is 39.5 Å². The van der Waals surface area contributed by atoms with Gasteiger partial charge in [0.2, 0.25) is 12.2 Å². The Labute approximate surface area is 85.1 Å². The van der Waals surface area contributed by atoms with Crippen LogP contribution in [0.15, 0.2) is 9.98 Å². The van der Waals surface area contributed by atoms with Crippen LogP contribution < -0.4 is 0 Å². The van der Waals surface area contributed by atoms with E-state index in [0.29, 0.717) is 0 Å². The molecule has 0 saturated carbocycles.